The Labute approximate surface area is 310 Å². The van der Waals surface area contributed by atoms with E-state index >= 15 is 0 Å². The van der Waals surface area contributed by atoms with Crippen LogP contribution in [-0.4, -0.2) is 0 Å². The Balaban J connectivity index is 1.12. The Morgan fingerprint density at radius 2 is 1.15 bits per heavy atom. The molecule has 0 radical (unpaired) electrons. The van der Waals surface area contributed by atoms with E-state index in [4.69, 9.17) is 0 Å². The van der Waals surface area contributed by atoms with E-state index < -0.39 is 0 Å². The molecule has 7 aliphatic carbocycles. The number of anilines is 3. The normalized spacial score (nSPS) is 31.8. The monoisotopic (exact) mass is 677 g/mol. The molecular formula is C51H51N. The minimum atomic E-state index is -0.0164. The maximum atomic E-state index is 2.67. The third kappa shape index (κ3) is 3.28. The van der Waals surface area contributed by atoms with Gasteiger partial charge in [-0.25, -0.2) is 0 Å². The maximum absolute atomic E-state index is 2.67. The van der Waals surface area contributed by atoms with Crippen molar-refractivity contribution in [2.45, 2.75) is 102 Å². The molecule has 5 aromatic carbocycles. The zero-order valence-electron chi connectivity index (χ0n) is 31.8. The van der Waals surface area contributed by atoms with Crippen LogP contribution in [0.4, 0.5) is 17.1 Å². The Morgan fingerprint density at radius 1 is 0.519 bits per heavy atom. The van der Waals surface area contributed by atoms with Gasteiger partial charge in [0.25, 0.3) is 0 Å². The highest BCUT2D eigenvalue weighted by molar-refractivity contribution is 5.97. The lowest BCUT2D eigenvalue weighted by Gasteiger charge is -2.76. The molecule has 4 saturated carbocycles. The molecule has 260 valence electrons. The first-order valence-corrected chi connectivity index (χ1v) is 20.4. The summed E-state index contributed by atoms with van der Waals surface area (Å²) >= 11 is 0. The molecule has 4 fully saturated rings. The van der Waals surface area contributed by atoms with Crippen molar-refractivity contribution in [3.8, 4) is 22.3 Å². The van der Waals surface area contributed by atoms with Crippen LogP contribution < -0.4 is 4.90 Å². The fourth-order valence-corrected chi connectivity index (χ4v) is 14.5. The van der Waals surface area contributed by atoms with E-state index in [2.05, 4.69) is 150 Å². The lowest BCUT2D eigenvalue weighted by molar-refractivity contribution is -0.231. The molecule has 0 aliphatic heterocycles. The van der Waals surface area contributed by atoms with Crippen LogP contribution in [0.3, 0.4) is 0 Å². The molecule has 0 N–H and O–H groups in total. The number of hydrogen-bond acceptors (Lipinski definition) is 1. The summed E-state index contributed by atoms with van der Waals surface area (Å²) in [6.07, 6.45) is 8.33. The second kappa shape index (κ2) is 9.33. The first-order valence-electron chi connectivity index (χ1n) is 20.4. The predicted octanol–water partition coefficient (Wildman–Crippen LogP) is 13.1. The lowest BCUT2D eigenvalue weighted by atomic mass is 9.27. The van der Waals surface area contributed by atoms with Crippen molar-refractivity contribution < 1.29 is 0 Å². The Kier molecular flexibility index (Phi) is 5.45. The number of fused-ring (bicyclic) bond motifs is 12. The molecule has 12 rings (SSSR count). The topological polar surface area (TPSA) is 3.24 Å². The van der Waals surface area contributed by atoms with Gasteiger partial charge in [0.2, 0.25) is 0 Å². The summed E-state index contributed by atoms with van der Waals surface area (Å²) in [6, 6.07) is 41.1. The number of nitrogens with zero attached hydrogens (tertiary/aromatic N) is 1. The van der Waals surface area contributed by atoms with Crippen molar-refractivity contribution in [3.63, 3.8) is 0 Å². The summed E-state index contributed by atoms with van der Waals surface area (Å²) in [6.45, 7) is 14.6. The van der Waals surface area contributed by atoms with Crippen molar-refractivity contribution in [1.82, 2.24) is 0 Å². The second-order valence-electron chi connectivity index (χ2n) is 20.0. The van der Waals surface area contributed by atoms with Crippen LogP contribution in [-0.2, 0) is 21.7 Å². The highest BCUT2D eigenvalue weighted by Gasteiger charge is 2.84. The second-order valence-corrected chi connectivity index (χ2v) is 20.0. The third-order valence-electron chi connectivity index (χ3n) is 16.8. The summed E-state index contributed by atoms with van der Waals surface area (Å²) in [7, 11) is 0. The lowest BCUT2D eigenvalue weighted by Crippen LogP contribution is -2.73. The highest BCUT2D eigenvalue weighted by atomic mass is 15.1. The molecule has 52 heavy (non-hydrogen) atoms. The quantitative estimate of drug-likeness (QED) is 0.184. The van der Waals surface area contributed by atoms with E-state index in [0.717, 1.165) is 23.7 Å². The van der Waals surface area contributed by atoms with E-state index in [1.807, 2.05) is 0 Å². The van der Waals surface area contributed by atoms with Gasteiger partial charge in [-0.15, -0.1) is 0 Å². The van der Waals surface area contributed by atoms with Gasteiger partial charge in [-0.05, 0) is 159 Å². The third-order valence-corrected chi connectivity index (χ3v) is 16.8. The highest BCUT2D eigenvalue weighted by Crippen LogP contribution is 2.89. The van der Waals surface area contributed by atoms with Gasteiger partial charge in [-0.1, -0.05) is 114 Å². The summed E-state index contributed by atoms with van der Waals surface area (Å²) in [5, 5.41) is 0. The van der Waals surface area contributed by atoms with Crippen molar-refractivity contribution in [2.75, 3.05) is 4.90 Å². The van der Waals surface area contributed by atoms with Gasteiger partial charge in [-0.2, -0.15) is 0 Å². The van der Waals surface area contributed by atoms with Crippen LogP contribution in [0.25, 0.3) is 22.3 Å². The minimum absolute atomic E-state index is 0.0164. The number of benzene rings is 5. The maximum Gasteiger partial charge on any atom is 0.0543 e. The largest absolute Gasteiger partial charge is 0.310 e. The fraction of sp³-hybridized carbons (Fsp3) is 0.412. The SMILES string of the molecule is CC1(C)CCC(C)(C)c2cc(N(c3ccc4c(c3)-c3ccccc3C4(C)C)c3cccc4c3-c3ccccc3C43C4CC5CC6CC3C64C5)ccc21. The molecule has 0 saturated heterocycles. The molecule has 1 nitrogen and oxygen atoms in total. The first-order chi connectivity index (χ1) is 25.0. The van der Waals surface area contributed by atoms with E-state index in [9.17, 15) is 0 Å². The Hall–Kier alpha value is -4.10. The molecule has 1 heteroatoms. The van der Waals surface area contributed by atoms with Gasteiger partial charge in [0, 0.05) is 27.8 Å². The molecule has 6 atom stereocenters. The Morgan fingerprint density at radius 3 is 1.94 bits per heavy atom. The molecule has 2 bridgehead atoms. The summed E-state index contributed by atoms with van der Waals surface area (Å²) in [4.78, 5) is 2.67. The van der Waals surface area contributed by atoms with Gasteiger partial charge in [0.05, 0.1) is 5.69 Å². The van der Waals surface area contributed by atoms with Crippen LogP contribution in [0.15, 0.2) is 103 Å². The number of rotatable bonds is 3. The molecule has 7 aliphatic rings. The minimum Gasteiger partial charge on any atom is -0.310 e. The molecular weight excluding hydrogens is 627 g/mol. The standard InChI is InChI=1S/C51H51N/c1-47(2)22-23-48(3,4)42-28-33(19-21-40(42)47)52(32-18-20-38-36(27-32)34-12-7-9-14-37(34)49(38,5)6)43-17-11-16-41-46(43)35-13-8-10-15-39(35)51(41)44-25-30-24-31-26-45(51)50(31,44)29-30/h7-21,27-28,30-31,44-45H,22-26,29H2,1-6H3. The zero-order valence-corrected chi connectivity index (χ0v) is 31.8. The van der Waals surface area contributed by atoms with Crippen molar-refractivity contribution in [2.24, 2.45) is 29.1 Å². The fourth-order valence-electron chi connectivity index (χ4n) is 14.5. The first kappa shape index (κ1) is 30.4. The van der Waals surface area contributed by atoms with E-state index in [-0.39, 0.29) is 21.7 Å². The summed E-state index contributed by atoms with van der Waals surface area (Å²) in [5.74, 6) is 3.56. The van der Waals surface area contributed by atoms with E-state index in [1.54, 1.807) is 11.1 Å². The number of hydrogen-bond donors (Lipinski definition) is 0. The van der Waals surface area contributed by atoms with Crippen LogP contribution >= 0.6 is 0 Å². The van der Waals surface area contributed by atoms with Crippen molar-refractivity contribution in [1.29, 1.82) is 0 Å². The van der Waals surface area contributed by atoms with Crippen LogP contribution in [0.2, 0.25) is 0 Å². The molecule has 0 aromatic heterocycles. The van der Waals surface area contributed by atoms with Crippen LogP contribution in [0.1, 0.15) is 113 Å². The van der Waals surface area contributed by atoms with Gasteiger partial charge in [-0.3, -0.25) is 0 Å². The molecule has 0 heterocycles. The molecule has 2 spiro atoms. The summed E-state index contributed by atoms with van der Waals surface area (Å²) in [5.41, 5.74) is 20.0. The average Bonchev–Trinajstić information content (AvgIpc) is 3.83. The molecule has 0 amide bonds. The summed E-state index contributed by atoms with van der Waals surface area (Å²) < 4.78 is 0. The smallest absolute Gasteiger partial charge is 0.0543 e. The van der Waals surface area contributed by atoms with Gasteiger partial charge < -0.3 is 4.90 Å². The van der Waals surface area contributed by atoms with Crippen molar-refractivity contribution in [3.05, 3.63) is 137 Å². The van der Waals surface area contributed by atoms with E-state index in [1.165, 1.54) is 100 Å². The van der Waals surface area contributed by atoms with E-state index in [0.29, 0.717) is 5.41 Å². The molecule has 6 unspecified atom stereocenters. The van der Waals surface area contributed by atoms with Gasteiger partial charge in [0.15, 0.2) is 0 Å². The average molecular weight is 678 g/mol. The van der Waals surface area contributed by atoms with Gasteiger partial charge in [0.1, 0.15) is 0 Å². The van der Waals surface area contributed by atoms with Crippen LogP contribution in [0.5, 0.6) is 0 Å². The van der Waals surface area contributed by atoms with Crippen molar-refractivity contribution >= 4 is 17.1 Å². The zero-order chi connectivity index (χ0) is 35.2. The predicted molar refractivity (Wildman–Crippen MR) is 215 cm³/mol. The van der Waals surface area contributed by atoms with Crippen LogP contribution in [0, 0.1) is 29.1 Å². The Bertz CT molecular complexity index is 2410. The molecule has 5 aromatic rings. The van der Waals surface area contributed by atoms with Gasteiger partial charge >= 0.3 is 0 Å².